The second-order valence-corrected chi connectivity index (χ2v) is 9.82. The van der Waals surface area contributed by atoms with Gasteiger partial charge in [0.15, 0.2) is 0 Å². The summed E-state index contributed by atoms with van der Waals surface area (Å²) in [6.07, 6.45) is 5.18. The van der Waals surface area contributed by atoms with Crippen molar-refractivity contribution < 1.29 is 14.3 Å². The highest BCUT2D eigenvalue weighted by atomic mass is 32.1. The van der Waals surface area contributed by atoms with Crippen molar-refractivity contribution in [3.8, 4) is 0 Å². The van der Waals surface area contributed by atoms with Crippen LogP contribution in [-0.2, 0) is 9.53 Å². The second-order valence-electron chi connectivity index (χ2n) is 8.60. The van der Waals surface area contributed by atoms with Crippen LogP contribution in [0.5, 0.6) is 0 Å². The molecule has 3 heterocycles. The Morgan fingerprint density at radius 1 is 1.15 bits per heavy atom. The Morgan fingerprint density at radius 2 is 1.88 bits per heavy atom. The molecule has 1 N–H and O–H groups in total. The van der Waals surface area contributed by atoms with Crippen LogP contribution in [-0.4, -0.2) is 41.5 Å². The van der Waals surface area contributed by atoms with E-state index in [9.17, 15) is 9.59 Å². The Kier molecular flexibility index (Phi) is 7.75. The van der Waals surface area contributed by atoms with E-state index in [0.29, 0.717) is 12.2 Å². The van der Waals surface area contributed by atoms with Crippen LogP contribution in [0.15, 0.2) is 54.9 Å². The minimum atomic E-state index is -0.117. The zero-order valence-corrected chi connectivity index (χ0v) is 20.7. The third-order valence-corrected chi connectivity index (χ3v) is 7.62. The van der Waals surface area contributed by atoms with Gasteiger partial charge in [-0.25, -0.2) is 0 Å². The predicted octanol–water partition coefficient (Wildman–Crippen LogP) is 5.38. The van der Waals surface area contributed by atoms with Gasteiger partial charge in [0.05, 0.1) is 18.6 Å². The van der Waals surface area contributed by atoms with Gasteiger partial charge >= 0.3 is 5.97 Å². The Morgan fingerprint density at radius 3 is 2.53 bits per heavy atom. The molecule has 0 bridgehead atoms. The number of esters is 1. The van der Waals surface area contributed by atoms with Crippen molar-refractivity contribution in [2.24, 2.45) is 5.92 Å². The molecule has 178 valence electrons. The number of pyridine rings is 1. The summed E-state index contributed by atoms with van der Waals surface area (Å²) in [5.41, 5.74) is 3.99. The number of hydrogen-bond acceptors (Lipinski definition) is 6. The molecule has 1 aromatic carbocycles. The van der Waals surface area contributed by atoms with Gasteiger partial charge in [-0.2, -0.15) is 0 Å². The van der Waals surface area contributed by atoms with Crippen molar-refractivity contribution in [1.29, 1.82) is 0 Å². The van der Waals surface area contributed by atoms with Crippen LogP contribution in [0.4, 0.5) is 5.00 Å². The molecule has 0 radical (unpaired) electrons. The molecule has 1 aliphatic heterocycles. The highest BCUT2D eigenvalue weighted by molar-refractivity contribution is 7.16. The number of carbonyl (C=O) groups excluding carboxylic acids is 2. The summed E-state index contributed by atoms with van der Waals surface area (Å²) in [6.45, 7) is 8.00. The van der Waals surface area contributed by atoms with Crippen LogP contribution >= 0.6 is 11.3 Å². The summed E-state index contributed by atoms with van der Waals surface area (Å²) in [6, 6.07) is 13.3. The van der Waals surface area contributed by atoms with Gasteiger partial charge in [-0.05, 0) is 76.0 Å². The van der Waals surface area contributed by atoms with Crippen LogP contribution in [0.3, 0.4) is 0 Å². The summed E-state index contributed by atoms with van der Waals surface area (Å²) in [5, 5.41) is 4.05. The first-order valence-corrected chi connectivity index (χ1v) is 12.6. The molecule has 0 unspecified atom stereocenters. The van der Waals surface area contributed by atoms with Gasteiger partial charge in [0, 0.05) is 28.4 Å². The largest absolute Gasteiger partial charge is 0.466 e. The summed E-state index contributed by atoms with van der Waals surface area (Å²) >= 11 is 1.61. The number of hydrogen-bond donors (Lipinski definition) is 1. The monoisotopic (exact) mass is 477 g/mol. The first kappa shape index (κ1) is 24.1. The van der Waals surface area contributed by atoms with Gasteiger partial charge < -0.3 is 10.1 Å². The fraction of sp³-hybridized carbons (Fsp3) is 0.370. The van der Waals surface area contributed by atoms with Gasteiger partial charge in [0.1, 0.15) is 5.00 Å². The fourth-order valence-corrected chi connectivity index (χ4v) is 5.67. The molecule has 0 spiro atoms. The standard InChI is InChI=1S/C27H31N3O3S/c1-4-33-27(32)21-12-15-30(16-13-21)24(22-11-8-14-28-17-22)23-18(2)19(3)34-26(23)29-25(31)20-9-6-5-7-10-20/h5-11,14,17,21,24H,4,12-13,15-16H2,1-3H3,(H,29,31)/t24-/m0/s1. The summed E-state index contributed by atoms with van der Waals surface area (Å²) < 4.78 is 5.26. The van der Waals surface area contributed by atoms with E-state index >= 15 is 0 Å². The Balaban J connectivity index is 1.67. The maximum atomic E-state index is 13.0. The van der Waals surface area contributed by atoms with Crippen LogP contribution in [0.25, 0.3) is 0 Å². The summed E-state index contributed by atoms with van der Waals surface area (Å²) in [7, 11) is 0. The number of thiophene rings is 1. The van der Waals surface area contributed by atoms with Crippen molar-refractivity contribution in [3.05, 3.63) is 82.0 Å². The van der Waals surface area contributed by atoms with Gasteiger partial charge in [0.25, 0.3) is 5.91 Å². The first-order chi connectivity index (χ1) is 16.5. The maximum Gasteiger partial charge on any atom is 0.309 e. The molecule has 1 fully saturated rings. The van der Waals surface area contributed by atoms with E-state index in [1.807, 2.05) is 49.5 Å². The van der Waals surface area contributed by atoms with Crippen LogP contribution in [0, 0.1) is 19.8 Å². The smallest absolute Gasteiger partial charge is 0.309 e. The van der Waals surface area contributed by atoms with Crippen LogP contribution in [0.1, 0.15) is 57.7 Å². The fourth-order valence-electron chi connectivity index (χ4n) is 4.58. The van der Waals surface area contributed by atoms with Crippen LogP contribution in [0.2, 0.25) is 0 Å². The van der Waals surface area contributed by atoms with Gasteiger partial charge in [-0.1, -0.05) is 24.3 Å². The van der Waals surface area contributed by atoms with E-state index in [-0.39, 0.29) is 23.8 Å². The van der Waals surface area contributed by atoms with E-state index in [1.165, 1.54) is 10.4 Å². The number of likely N-dealkylation sites (tertiary alicyclic amines) is 1. The molecular formula is C27H31N3O3S. The number of ether oxygens (including phenoxy) is 1. The average Bonchev–Trinajstić information content (AvgIpc) is 3.14. The van der Waals surface area contributed by atoms with Crippen LogP contribution < -0.4 is 5.32 Å². The number of carbonyl (C=O) groups is 2. The molecule has 7 heteroatoms. The number of anilines is 1. The van der Waals surface area contributed by atoms with E-state index in [4.69, 9.17) is 4.74 Å². The second kappa shape index (κ2) is 10.9. The number of aryl methyl sites for hydroxylation is 1. The SMILES string of the molecule is CCOC(=O)C1CCN([C@@H](c2cccnc2)c2c(NC(=O)c3ccccc3)sc(C)c2C)CC1. The molecule has 3 aromatic rings. The zero-order chi connectivity index (χ0) is 24.1. The Labute approximate surface area is 205 Å². The van der Waals surface area contributed by atoms with Crippen molar-refractivity contribution >= 4 is 28.2 Å². The number of amides is 1. The lowest BCUT2D eigenvalue weighted by atomic mass is 9.91. The number of benzene rings is 1. The summed E-state index contributed by atoms with van der Waals surface area (Å²) in [5.74, 6) is -0.277. The molecule has 0 saturated carbocycles. The third kappa shape index (κ3) is 5.21. The van der Waals surface area contributed by atoms with Gasteiger partial charge in [-0.15, -0.1) is 11.3 Å². The lowest BCUT2D eigenvalue weighted by Crippen LogP contribution is -2.40. The predicted molar refractivity (Wildman–Crippen MR) is 135 cm³/mol. The van der Waals surface area contributed by atoms with E-state index in [0.717, 1.165) is 42.1 Å². The van der Waals surface area contributed by atoms with Crippen molar-refractivity contribution in [2.75, 3.05) is 25.0 Å². The molecule has 1 saturated heterocycles. The van der Waals surface area contributed by atoms with Crippen molar-refractivity contribution in [2.45, 2.75) is 39.7 Å². The zero-order valence-electron chi connectivity index (χ0n) is 19.9. The average molecular weight is 478 g/mol. The maximum absolute atomic E-state index is 13.0. The third-order valence-electron chi connectivity index (χ3n) is 6.48. The number of nitrogens with one attached hydrogen (secondary N) is 1. The first-order valence-electron chi connectivity index (χ1n) is 11.8. The van der Waals surface area contributed by atoms with Crippen molar-refractivity contribution in [3.63, 3.8) is 0 Å². The number of rotatable bonds is 7. The lowest BCUT2D eigenvalue weighted by molar-refractivity contribution is -0.149. The Hall–Kier alpha value is -3.03. The minimum Gasteiger partial charge on any atom is -0.466 e. The number of aromatic nitrogens is 1. The minimum absolute atomic E-state index is 0.0618. The Bertz CT molecular complexity index is 1120. The number of piperidine rings is 1. The molecular weight excluding hydrogens is 446 g/mol. The molecule has 1 atom stereocenters. The summed E-state index contributed by atoms with van der Waals surface area (Å²) in [4.78, 5) is 33.3. The molecule has 0 aliphatic carbocycles. The molecule has 34 heavy (non-hydrogen) atoms. The highest BCUT2D eigenvalue weighted by Gasteiger charge is 2.34. The molecule has 4 rings (SSSR count). The van der Waals surface area contributed by atoms with Crippen molar-refractivity contribution in [1.82, 2.24) is 9.88 Å². The van der Waals surface area contributed by atoms with Gasteiger partial charge in [0.2, 0.25) is 0 Å². The molecule has 2 aromatic heterocycles. The quantitative estimate of drug-likeness (QED) is 0.463. The van der Waals surface area contributed by atoms with Gasteiger partial charge in [-0.3, -0.25) is 19.5 Å². The normalized spacial score (nSPS) is 15.6. The lowest BCUT2D eigenvalue weighted by Gasteiger charge is -2.37. The number of nitrogens with zero attached hydrogens (tertiary/aromatic N) is 2. The molecule has 6 nitrogen and oxygen atoms in total. The van der Waals surface area contributed by atoms with E-state index in [1.54, 1.807) is 17.5 Å². The molecule has 1 aliphatic rings. The topological polar surface area (TPSA) is 71.5 Å². The van der Waals surface area contributed by atoms with E-state index in [2.05, 4.69) is 35.1 Å². The van der Waals surface area contributed by atoms with E-state index < -0.39 is 0 Å². The molecule has 1 amide bonds. The highest BCUT2D eigenvalue weighted by Crippen LogP contribution is 2.43.